The van der Waals surface area contributed by atoms with Crippen molar-refractivity contribution in [2.45, 2.75) is 38.0 Å². The van der Waals surface area contributed by atoms with Gasteiger partial charge in [0.05, 0.1) is 11.4 Å². The third-order valence-corrected chi connectivity index (χ3v) is 5.57. The van der Waals surface area contributed by atoms with Crippen molar-refractivity contribution in [2.75, 3.05) is 32.1 Å². The average Bonchev–Trinajstić information content (AvgIpc) is 3.19. The molecule has 138 valence electrons. The number of rotatable bonds is 2. The van der Waals surface area contributed by atoms with Gasteiger partial charge in [-0.05, 0) is 32.6 Å². The third-order valence-electron chi connectivity index (χ3n) is 5.57. The number of carbonyl (C=O) groups is 1. The first-order chi connectivity index (χ1) is 12.4. The van der Waals surface area contributed by atoms with Gasteiger partial charge in [0.1, 0.15) is 0 Å². The summed E-state index contributed by atoms with van der Waals surface area (Å²) in [6.07, 6.45) is 3.37. The summed E-state index contributed by atoms with van der Waals surface area (Å²) in [5.74, 6) is 0.451. The van der Waals surface area contributed by atoms with E-state index in [9.17, 15) is 9.59 Å². The van der Waals surface area contributed by atoms with Crippen LogP contribution in [0.3, 0.4) is 0 Å². The summed E-state index contributed by atoms with van der Waals surface area (Å²) in [5.41, 5.74) is 2.28. The molecule has 3 heterocycles. The molecule has 0 radical (unpaired) electrons. The molecule has 0 aromatic carbocycles. The van der Waals surface area contributed by atoms with E-state index < -0.39 is 0 Å². The highest BCUT2D eigenvalue weighted by molar-refractivity contribution is 5.93. The van der Waals surface area contributed by atoms with Crippen molar-refractivity contribution in [3.8, 4) is 0 Å². The van der Waals surface area contributed by atoms with Gasteiger partial charge in [0.25, 0.3) is 11.5 Å². The van der Waals surface area contributed by atoms with Gasteiger partial charge in [0, 0.05) is 38.2 Å². The van der Waals surface area contributed by atoms with Crippen molar-refractivity contribution < 1.29 is 4.79 Å². The number of nitrogens with zero attached hydrogens (tertiary/aromatic N) is 5. The van der Waals surface area contributed by atoms with Crippen LogP contribution in [0.25, 0.3) is 0 Å². The molecule has 2 aromatic heterocycles. The van der Waals surface area contributed by atoms with E-state index >= 15 is 0 Å². The molecule has 1 saturated heterocycles. The van der Waals surface area contributed by atoms with Gasteiger partial charge in [0.2, 0.25) is 5.95 Å². The molecule has 2 N–H and O–H groups in total. The van der Waals surface area contributed by atoms with Gasteiger partial charge < -0.3 is 9.80 Å². The first-order valence-electron chi connectivity index (χ1n) is 8.89. The van der Waals surface area contributed by atoms with Gasteiger partial charge in [-0.2, -0.15) is 15.4 Å². The second-order valence-corrected chi connectivity index (χ2v) is 7.48. The SMILES string of the molecule is Cc1n[nH]nc1C(=O)N1CCCC2(CCc3c2nc(N(C)C)[nH]c3=O)C1. The predicted molar refractivity (Wildman–Crippen MR) is 95.4 cm³/mol. The number of amides is 1. The molecule has 1 fully saturated rings. The summed E-state index contributed by atoms with van der Waals surface area (Å²) in [7, 11) is 3.71. The van der Waals surface area contributed by atoms with Gasteiger partial charge >= 0.3 is 0 Å². The highest BCUT2D eigenvalue weighted by Gasteiger charge is 2.46. The van der Waals surface area contributed by atoms with Crippen LogP contribution >= 0.6 is 0 Å². The number of fused-ring (bicyclic) bond motifs is 2. The second-order valence-electron chi connectivity index (χ2n) is 7.48. The first-order valence-corrected chi connectivity index (χ1v) is 8.89. The van der Waals surface area contributed by atoms with E-state index in [0.29, 0.717) is 36.8 Å². The highest BCUT2D eigenvalue weighted by Crippen LogP contribution is 2.43. The van der Waals surface area contributed by atoms with Crippen LogP contribution in [0.2, 0.25) is 0 Å². The molecule has 9 nitrogen and oxygen atoms in total. The van der Waals surface area contributed by atoms with Crippen molar-refractivity contribution in [1.29, 1.82) is 0 Å². The monoisotopic (exact) mass is 357 g/mol. The number of anilines is 1. The Morgan fingerprint density at radius 1 is 1.27 bits per heavy atom. The first kappa shape index (κ1) is 16.7. The Hall–Kier alpha value is -2.71. The van der Waals surface area contributed by atoms with Gasteiger partial charge in [-0.15, -0.1) is 0 Å². The minimum Gasteiger partial charge on any atom is -0.348 e. The molecule has 26 heavy (non-hydrogen) atoms. The van der Waals surface area contributed by atoms with Crippen LogP contribution in [0.4, 0.5) is 5.95 Å². The zero-order chi connectivity index (χ0) is 18.5. The lowest BCUT2D eigenvalue weighted by Gasteiger charge is -2.40. The Morgan fingerprint density at radius 2 is 2.08 bits per heavy atom. The molecule has 1 aliphatic carbocycles. The summed E-state index contributed by atoms with van der Waals surface area (Å²) >= 11 is 0. The molecule has 1 amide bonds. The highest BCUT2D eigenvalue weighted by atomic mass is 16.2. The van der Waals surface area contributed by atoms with E-state index in [1.807, 2.05) is 19.0 Å². The van der Waals surface area contributed by atoms with Crippen molar-refractivity contribution >= 4 is 11.9 Å². The average molecular weight is 357 g/mol. The number of likely N-dealkylation sites (tertiary alicyclic amines) is 1. The third kappa shape index (κ3) is 2.49. The standard InChI is InChI=1S/C17H23N7O2/c1-10-12(21-22-20-10)15(26)24-8-4-6-17(9-24)7-5-11-13(17)18-16(23(2)3)19-14(11)25/h4-9H2,1-3H3,(H,18,19,25)(H,20,21,22). The number of aromatic amines is 2. The number of hydrogen-bond acceptors (Lipinski definition) is 6. The summed E-state index contributed by atoms with van der Waals surface area (Å²) in [6.45, 7) is 3.02. The van der Waals surface area contributed by atoms with Crippen molar-refractivity contribution in [1.82, 2.24) is 30.3 Å². The van der Waals surface area contributed by atoms with Gasteiger partial charge in [-0.3, -0.25) is 14.6 Å². The zero-order valence-corrected chi connectivity index (χ0v) is 15.3. The fourth-order valence-electron chi connectivity index (χ4n) is 4.19. The van der Waals surface area contributed by atoms with Crippen molar-refractivity contribution in [3.05, 3.63) is 33.0 Å². The summed E-state index contributed by atoms with van der Waals surface area (Å²) in [4.78, 5) is 36.6. The number of hydrogen-bond donors (Lipinski definition) is 2. The number of nitrogens with one attached hydrogen (secondary N) is 2. The lowest BCUT2D eigenvalue weighted by atomic mass is 9.77. The number of aromatic nitrogens is 5. The minimum atomic E-state index is -0.250. The van der Waals surface area contributed by atoms with Crippen LogP contribution in [0.1, 0.15) is 46.7 Å². The molecule has 1 unspecified atom stereocenters. The fourth-order valence-corrected chi connectivity index (χ4v) is 4.19. The Morgan fingerprint density at radius 3 is 2.77 bits per heavy atom. The molecule has 2 aromatic rings. The lowest BCUT2D eigenvalue weighted by Crippen LogP contribution is -2.48. The maximum Gasteiger partial charge on any atom is 0.276 e. The summed E-state index contributed by atoms with van der Waals surface area (Å²) in [6, 6.07) is 0. The van der Waals surface area contributed by atoms with E-state index in [2.05, 4.69) is 20.4 Å². The Bertz CT molecular complexity index is 916. The van der Waals surface area contributed by atoms with Gasteiger partial charge in [0.15, 0.2) is 5.69 Å². The summed E-state index contributed by atoms with van der Waals surface area (Å²) in [5, 5.41) is 10.5. The van der Waals surface area contributed by atoms with Crippen LogP contribution in [-0.2, 0) is 11.8 Å². The van der Waals surface area contributed by atoms with E-state index in [0.717, 1.165) is 30.5 Å². The Labute approximate surface area is 150 Å². The van der Waals surface area contributed by atoms with Crippen molar-refractivity contribution in [3.63, 3.8) is 0 Å². The van der Waals surface area contributed by atoms with Crippen LogP contribution in [0.5, 0.6) is 0 Å². The van der Waals surface area contributed by atoms with Crippen LogP contribution in [0, 0.1) is 6.92 Å². The van der Waals surface area contributed by atoms with Gasteiger partial charge in [-0.25, -0.2) is 4.98 Å². The van der Waals surface area contributed by atoms with E-state index in [4.69, 9.17) is 4.98 Å². The number of H-pyrrole nitrogens is 2. The summed E-state index contributed by atoms with van der Waals surface area (Å²) < 4.78 is 0. The fraction of sp³-hybridized carbons (Fsp3) is 0.588. The predicted octanol–water partition coefficient (Wildman–Crippen LogP) is 0.383. The second kappa shape index (κ2) is 5.93. The van der Waals surface area contributed by atoms with Crippen LogP contribution in [-0.4, -0.2) is 63.4 Å². The molecule has 1 atom stereocenters. The minimum absolute atomic E-state index is 0.0635. The largest absolute Gasteiger partial charge is 0.348 e. The lowest BCUT2D eigenvalue weighted by molar-refractivity contribution is 0.0626. The Kier molecular flexibility index (Phi) is 3.82. The van der Waals surface area contributed by atoms with E-state index in [1.54, 1.807) is 11.8 Å². The van der Waals surface area contributed by atoms with E-state index in [1.165, 1.54) is 0 Å². The normalized spacial score (nSPS) is 21.9. The van der Waals surface area contributed by atoms with Crippen LogP contribution in [0.15, 0.2) is 4.79 Å². The number of piperidine rings is 1. The smallest absolute Gasteiger partial charge is 0.276 e. The molecular formula is C17H23N7O2. The topological polar surface area (TPSA) is 111 Å². The zero-order valence-electron chi connectivity index (χ0n) is 15.3. The quantitative estimate of drug-likeness (QED) is 0.804. The molecule has 0 saturated carbocycles. The van der Waals surface area contributed by atoms with E-state index in [-0.39, 0.29) is 16.9 Å². The Balaban J connectivity index is 1.70. The molecule has 1 spiro atoms. The van der Waals surface area contributed by atoms with Gasteiger partial charge in [-0.1, -0.05) is 0 Å². The molecular weight excluding hydrogens is 334 g/mol. The van der Waals surface area contributed by atoms with Crippen molar-refractivity contribution in [2.24, 2.45) is 0 Å². The number of carbonyl (C=O) groups excluding carboxylic acids is 1. The molecule has 1 aliphatic heterocycles. The molecule has 9 heteroatoms. The molecule has 4 rings (SSSR count). The van der Waals surface area contributed by atoms with Crippen LogP contribution < -0.4 is 10.5 Å². The molecule has 0 bridgehead atoms. The molecule has 2 aliphatic rings. The maximum absolute atomic E-state index is 12.9. The number of aryl methyl sites for hydroxylation is 1. The maximum atomic E-state index is 12.9.